The molecule has 0 saturated heterocycles. The summed E-state index contributed by atoms with van der Waals surface area (Å²) >= 11 is 13.4. The number of hydrogen-bond acceptors (Lipinski definition) is 4. The van der Waals surface area contributed by atoms with Gasteiger partial charge in [0.15, 0.2) is 5.17 Å². The number of benzene rings is 3. The minimum atomic E-state index is -0.425. The molecule has 8 heteroatoms. The van der Waals surface area contributed by atoms with E-state index in [9.17, 15) is 4.79 Å². The quantitative estimate of drug-likeness (QED) is 0.384. The maximum absolute atomic E-state index is 12.7. The fourth-order valence-electron chi connectivity index (χ4n) is 3.54. The molecular formula is C26H17Cl2N3O2S. The first-order valence-electron chi connectivity index (χ1n) is 10.3. The molecule has 2 aliphatic heterocycles. The van der Waals surface area contributed by atoms with Crippen molar-refractivity contribution in [3.05, 3.63) is 111 Å². The second-order valence-electron chi connectivity index (χ2n) is 7.53. The third kappa shape index (κ3) is 4.53. The van der Waals surface area contributed by atoms with Crippen LogP contribution in [0.15, 0.2) is 88.8 Å². The van der Waals surface area contributed by atoms with Crippen LogP contribution in [0, 0.1) is 5.41 Å². The summed E-state index contributed by atoms with van der Waals surface area (Å²) in [5, 5.41) is 12.1. The fourth-order valence-corrected chi connectivity index (χ4v) is 4.75. The van der Waals surface area contributed by atoms with Gasteiger partial charge >= 0.3 is 0 Å². The van der Waals surface area contributed by atoms with Crippen LogP contribution in [0.4, 0.5) is 0 Å². The first-order chi connectivity index (χ1) is 16.5. The molecule has 3 aromatic carbocycles. The number of halogens is 2. The molecule has 2 aliphatic rings. The van der Waals surface area contributed by atoms with Crippen molar-refractivity contribution in [3.8, 4) is 5.75 Å². The van der Waals surface area contributed by atoms with Gasteiger partial charge in [0.05, 0.1) is 21.3 Å². The number of amides is 1. The smallest absolute Gasteiger partial charge is 0.283 e. The molecule has 0 spiro atoms. The summed E-state index contributed by atoms with van der Waals surface area (Å²) in [6.07, 6.45) is 1.68. The lowest BCUT2D eigenvalue weighted by Gasteiger charge is -2.26. The van der Waals surface area contributed by atoms with E-state index in [-0.39, 0.29) is 11.4 Å². The number of aliphatic imine (C=N–C) groups is 1. The van der Waals surface area contributed by atoms with Crippen molar-refractivity contribution in [3.63, 3.8) is 0 Å². The summed E-state index contributed by atoms with van der Waals surface area (Å²) in [7, 11) is 0. The van der Waals surface area contributed by atoms with Crippen LogP contribution < -0.4 is 4.74 Å². The van der Waals surface area contributed by atoms with Gasteiger partial charge in [-0.2, -0.15) is 4.99 Å². The topological polar surface area (TPSA) is 65.8 Å². The lowest BCUT2D eigenvalue weighted by atomic mass is 10.1. The van der Waals surface area contributed by atoms with Crippen molar-refractivity contribution in [1.29, 1.82) is 5.41 Å². The monoisotopic (exact) mass is 505 g/mol. The number of hydrogen-bond donors (Lipinski definition) is 1. The van der Waals surface area contributed by atoms with Gasteiger partial charge in [-0.15, -0.1) is 0 Å². The third-order valence-electron chi connectivity index (χ3n) is 5.26. The predicted octanol–water partition coefficient (Wildman–Crippen LogP) is 6.88. The van der Waals surface area contributed by atoms with E-state index in [0.29, 0.717) is 27.6 Å². The van der Waals surface area contributed by atoms with Crippen LogP contribution >= 0.6 is 35.0 Å². The van der Waals surface area contributed by atoms with Gasteiger partial charge in [0.1, 0.15) is 18.2 Å². The SMILES string of the molecule is N=C1C(=Cc2ccc(OCc3ccc(Cl)c(Cl)c3)cc2)C(=O)N=C2SC=C(c3ccccc3)N12. The maximum atomic E-state index is 12.7. The molecule has 1 amide bonds. The molecule has 5 rings (SSSR count). The Bertz CT molecular complexity index is 1380. The summed E-state index contributed by atoms with van der Waals surface area (Å²) < 4.78 is 5.82. The maximum Gasteiger partial charge on any atom is 0.283 e. The van der Waals surface area contributed by atoms with E-state index in [0.717, 1.165) is 22.4 Å². The van der Waals surface area contributed by atoms with Crippen molar-refractivity contribution in [1.82, 2.24) is 4.90 Å². The van der Waals surface area contributed by atoms with Crippen LogP contribution in [0.3, 0.4) is 0 Å². The van der Waals surface area contributed by atoms with Crippen LogP contribution in [0.1, 0.15) is 16.7 Å². The molecule has 0 atom stereocenters. The fraction of sp³-hybridized carbons (Fsp3) is 0.0385. The number of ether oxygens (including phenoxy) is 1. The van der Waals surface area contributed by atoms with Crippen LogP contribution in [0.2, 0.25) is 10.0 Å². The Balaban J connectivity index is 1.33. The number of rotatable bonds is 5. The van der Waals surface area contributed by atoms with Gasteiger partial charge < -0.3 is 4.74 Å². The van der Waals surface area contributed by atoms with E-state index in [1.165, 1.54) is 11.8 Å². The largest absolute Gasteiger partial charge is 0.489 e. The Hall–Kier alpha value is -3.32. The average molecular weight is 506 g/mol. The Morgan fingerprint density at radius 3 is 2.50 bits per heavy atom. The average Bonchev–Trinajstić information content (AvgIpc) is 3.28. The second-order valence-corrected chi connectivity index (χ2v) is 9.19. The molecule has 0 aromatic heterocycles. The van der Waals surface area contributed by atoms with E-state index < -0.39 is 5.91 Å². The molecule has 5 nitrogen and oxygen atoms in total. The number of carbonyl (C=O) groups is 1. The summed E-state index contributed by atoms with van der Waals surface area (Å²) in [5.74, 6) is 0.352. The van der Waals surface area contributed by atoms with E-state index in [1.54, 1.807) is 23.1 Å². The molecular weight excluding hydrogens is 489 g/mol. The molecule has 168 valence electrons. The van der Waals surface area contributed by atoms with E-state index in [2.05, 4.69) is 4.99 Å². The number of thioether (sulfide) groups is 1. The molecule has 34 heavy (non-hydrogen) atoms. The van der Waals surface area contributed by atoms with Gasteiger partial charge in [-0.1, -0.05) is 83.5 Å². The molecule has 3 aromatic rings. The van der Waals surface area contributed by atoms with E-state index in [4.69, 9.17) is 33.3 Å². The minimum absolute atomic E-state index is 0.107. The van der Waals surface area contributed by atoms with Crippen LogP contribution in [0.25, 0.3) is 11.8 Å². The lowest BCUT2D eigenvalue weighted by molar-refractivity contribution is -0.114. The van der Waals surface area contributed by atoms with Crippen molar-refractivity contribution >= 4 is 63.6 Å². The Morgan fingerprint density at radius 2 is 1.76 bits per heavy atom. The Labute approximate surface area is 210 Å². The molecule has 1 N–H and O–H groups in total. The zero-order valence-electron chi connectivity index (χ0n) is 17.7. The highest BCUT2D eigenvalue weighted by atomic mass is 35.5. The van der Waals surface area contributed by atoms with Gasteiger partial charge in [-0.05, 0) is 47.0 Å². The van der Waals surface area contributed by atoms with E-state index in [1.807, 2.05) is 66.1 Å². The normalized spacial score (nSPS) is 16.4. The number of fused-ring (bicyclic) bond motifs is 1. The highest BCUT2D eigenvalue weighted by Crippen LogP contribution is 2.37. The molecule has 0 bridgehead atoms. The highest BCUT2D eigenvalue weighted by Gasteiger charge is 2.36. The molecule has 0 radical (unpaired) electrons. The van der Waals surface area contributed by atoms with Gasteiger partial charge in [-0.25, -0.2) is 0 Å². The predicted molar refractivity (Wildman–Crippen MR) is 139 cm³/mol. The number of nitrogens with one attached hydrogen (secondary N) is 1. The molecule has 0 saturated carbocycles. The summed E-state index contributed by atoms with van der Waals surface area (Å²) in [6, 6.07) is 22.4. The number of carbonyl (C=O) groups excluding carboxylic acids is 1. The zero-order chi connectivity index (χ0) is 23.7. The van der Waals surface area contributed by atoms with Crippen molar-refractivity contribution in [2.75, 3.05) is 0 Å². The number of nitrogens with zero attached hydrogens (tertiary/aromatic N) is 2. The van der Waals surface area contributed by atoms with Crippen LogP contribution in [-0.2, 0) is 11.4 Å². The summed E-state index contributed by atoms with van der Waals surface area (Å²) in [6.45, 7) is 0.346. The van der Waals surface area contributed by atoms with Gasteiger partial charge in [-0.3, -0.25) is 15.1 Å². The lowest BCUT2D eigenvalue weighted by Crippen LogP contribution is -2.37. The second kappa shape index (κ2) is 9.50. The Kier molecular flexibility index (Phi) is 6.28. The molecule has 0 fully saturated rings. The Morgan fingerprint density at radius 1 is 1.00 bits per heavy atom. The summed E-state index contributed by atoms with van der Waals surface area (Å²) in [5.41, 5.74) is 3.70. The zero-order valence-corrected chi connectivity index (χ0v) is 20.0. The first kappa shape index (κ1) is 22.5. The molecule has 0 unspecified atom stereocenters. The molecule has 2 heterocycles. The van der Waals surface area contributed by atoms with Gasteiger partial charge in [0, 0.05) is 5.41 Å². The van der Waals surface area contributed by atoms with Gasteiger partial charge in [0.2, 0.25) is 0 Å². The van der Waals surface area contributed by atoms with Crippen LogP contribution in [0.5, 0.6) is 5.75 Å². The molecule has 0 aliphatic carbocycles. The van der Waals surface area contributed by atoms with Crippen molar-refractivity contribution < 1.29 is 9.53 Å². The highest BCUT2D eigenvalue weighted by molar-refractivity contribution is 8.17. The van der Waals surface area contributed by atoms with Gasteiger partial charge in [0.25, 0.3) is 5.91 Å². The first-order valence-corrected chi connectivity index (χ1v) is 12.0. The van der Waals surface area contributed by atoms with E-state index >= 15 is 0 Å². The standard InChI is InChI=1S/C26H17Cl2N3O2S/c27-21-11-8-17(13-22(21)28)14-33-19-9-6-16(7-10-19)12-20-24(29)31-23(18-4-2-1-3-5-18)15-34-26(31)30-25(20)32/h1-13,15,29H,14H2. The van der Waals surface area contributed by atoms with Crippen molar-refractivity contribution in [2.45, 2.75) is 6.61 Å². The third-order valence-corrected chi connectivity index (χ3v) is 6.83. The number of amidine groups is 2. The minimum Gasteiger partial charge on any atom is -0.489 e. The van der Waals surface area contributed by atoms with Crippen molar-refractivity contribution in [2.24, 2.45) is 4.99 Å². The van der Waals surface area contributed by atoms with Crippen LogP contribution in [-0.4, -0.2) is 21.8 Å². The summed E-state index contributed by atoms with van der Waals surface area (Å²) in [4.78, 5) is 18.6.